The van der Waals surface area contributed by atoms with E-state index in [0.29, 0.717) is 17.7 Å². The van der Waals surface area contributed by atoms with Crippen LogP contribution in [0.15, 0.2) is 30.5 Å². The summed E-state index contributed by atoms with van der Waals surface area (Å²) in [4.78, 5) is 6.79. The minimum Gasteiger partial charge on any atom is -0.497 e. The molecule has 0 radical (unpaired) electrons. The molecule has 1 atom stereocenters. The van der Waals surface area contributed by atoms with E-state index in [1.165, 1.54) is 12.8 Å². The molecule has 6 heteroatoms. The van der Waals surface area contributed by atoms with Crippen molar-refractivity contribution in [3.63, 3.8) is 0 Å². The largest absolute Gasteiger partial charge is 0.497 e. The van der Waals surface area contributed by atoms with Crippen LogP contribution in [0.4, 0.5) is 17.5 Å². The number of ether oxygens (including phenoxy) is 1. The third-order valence-electron chi connectivity index (χ3n) is 3.85. The van der Waals surface area contributed by atoms with Crippen LogP contribution in [-0.2, 0) is 0 Å². The zero-order chi connectivity index (χ0) is 15.4. The van der Waals surface area contributed by atoms with E-state index in [1.54, 1.807) is 13.3 Å². The second-order valence-corrected chi connectivity index (χ2v) is 5.69. The molecule has 0 aliphatic carbocycles. The highest BCUT2D eigenvalue weighted by molar-refractivity contribution is 5.57. The molecule has 116 valence electrons. The maximum absolute atomic E-state index is 5.16. The summed E-state index contributed by atoms with van der Waals surface area (Å²) in [6, 6.07) is 7.71. The number of nitrogens with one attached hydrogen (secondary N) is 1. The lowest BCUT2D eigenvalue weighted by molar-refractivity contribution is 0.415. The number of piperidine rings is 1. The summed E-state index contributed by atoms with van der Waals surface area (Å²) in [6.07, 6.45) is 4.09. The highest BCUT2D eigenvalue weighted by Crippen LogP contribution is 2.22. The lowest BCUT2D eigenvalue weighted by Gasteiger charge is -2.30. The molecule has 0 spiro atoms. The SMILES string of the molecule is COc1ccc(Nc2cnnc(N3CCCC(C)C3)n2)cc1. The molecule has 1 aliphatic rings. The van der Waals surface area contributed by atoms with Crippen LogP contribution < -0.4 is 15.0 Å². The fraction of sp³-hybridized carbons (Fsp3) is 0.438. The van der Waals surface area contributed by atoms with E-state index in [4.69, 9.17) is 4.74 Å². The van der Waals surface area contributed by atoms with Crippen LogP contribution in [0.25, 0.3) is 0 Å². The Morgan fingerprint density at radius 1 is 1.27 bits per heavy atom. The van der Waals surface area contributed by atoms with Crippen molar-refractivity contribution in [2.24, 2.45) is 5.92 Å². The van der Waals surface area contributed by atoms with Crippen molar-refractivity contribution in [2.45, 2.75) is 19.8 Å². The fourth-order valence-electron chi connectivity index (χ4n) is 2.68. The molecule has 2 aromatic rings. The minimum atomic E-state index is 0.676. The Hall–Kier alpha value is -2.37. The Bertz CT molecular complexity index is 616. The van der Waals surface area contributed by atoms with Crippen molar-refractivity contribution < 1.29 is 4.74 Å². The van der Waals surface area contributed by atoms with Crippen LogP contribution in [0, 0.1) is 5.92 Å². The van der Waals surface area contributed by atoms with Gasteiger partial charge >= 0.3 is 0 Å². The lowest BCUT2D eigenvalue weighted by atomic mass is 10.0. The van der Waals surface area contributed by atoms with Gasteiger partial charge < -0.3 is 15.0 Å². The van der Waals surface area contributed by atoms with Gasteiger partial charge in [-0.1, -0.05) is 6.92 Å². The summed E-state index contributed by atoms with van der Waals surface area (Å²) < 4.78 is 5.16. The van der Waals surface area contributed by atoms with Crippen LogP contribution in [0.1, 0.15) is 19.8 Å². The fourth-order valence-corrected chi connectivity index (χ4v) is 2.68. The van der Waals surface area contributed by atoms with E-state index in [2.05, 4.69) is 32.3 Å². The van der Waals surface area contributed by atoms with Crippen molar-refractivity contribution in [3.05, 3.63) is 30.5 Å². The molecule has 1 aromatic carbocycles. The first-order chi connectivity index (χ1) is 10.7. The molecular weight excluding hydrogens is 278 g/mol. The first-order valence-corrected chi connectivity index (χ1v) is 7.60. The maximum Gasteiger partial charge on any atom is 0.247 e. The number of anilines is 3. The van der Waals surface area contributed by atoms with Crippen molar-refractivity contribution in [2.75, 3.05) is 30.4 Å². The lowest BCUT2D eigenvalue weighted by Crippen LogP contribution is -2.35. The first kappa shape index (κ1) is 14.6. The maximum atomic E-state index is 5.16. The zero-order valence-electron chi connectivity index (χ0n) is 13.0. The molecule has 1 unspecified atom stereocenters. The molecule has 1 saturated heterocycles. The van der Waals surface area contributed by atoms with Gasteiger partial charge in [0.05, 0.1) is 13.3 Å². The first-order valence-electron chi connectivity index (χ1n) is 7.60. The van der Waals surface area contributed by atoms with Gasteiger partial charge in [-0.3, -0.25) is 0 Å². The number of hydrogen-bond acceptors (Lipinski definition) is 6. The van der Waals surface area contributed by atoms with E-state index in [1.807, 2.05) is 24.3 Å². The smallest absolute Gasteiger partial charge is 0.247 e. The Morgan fingerprint density at radius 3 is 2.82 bits per heavy atom. The van der Waals surface area contributed by atoms with Crippen molar-refractivity contribution >= 4 is 17.5 Å². The van der Waals surface area contributed by atoms with Gasteiger partial charge in [0.25, 0.3) is 0 Å². The van der Waals surface area contributed by atoms with Crippen molar-refractivity contribution in [1.29, 1.82) is 0 Å². The Labute approximate surface area is 130 Å². The number of nitrogens with zero attached hydrogens (tertiary/aromatic N) is 4. The van der Waals surface area contributed by atoms with E-state index in [0.717, 1.165) is 24.5 Å². The number of benzene rings is 1. The third kappa shape index (κ3) is 3.44. The quantitative estimate of drug-likeness (QED) is 0.936. The third-order valence-corrected chi connectivity index (χ3v) is 3.85. The van der Waals surface area contributed by atoms with Crippen molar-refractivity contribution in [1.82, 2.24) is 15.2 Å². The van der Waals surface area contributed by atoms with Gasteiger partial charge in [0.1, 0.15) is 5.75 Å². The summed E-state index contributed by atoms with van der Waals surface area (Å²) in [5.74, 6) is 2.91. The Morgan fingerprint density at radius 2 is 2.09 bits per heavy atom. The standard InChI is InChI=1S/C16H21N5O/c1-12-4-3-9-21(11-12)16-19-15(10-17-20-16)18-13-5-7-14(22-2)8-6-13/h5-8,10,12H,3-4,9,11H2,1-2H3,(H,18,19,20). The summed E-state index contributed by atoms with van der Waals surface area (Å²) in [7, 11) is 1.66. The second kappa shape index (κ2) is 6.60. The molecule has 6 nitrogen and oxygen atoms in total. The summed E-state index contributed by atoms with van der Waals surface area (Å²) in [5, 5.41) is 11.5. The highest BCUT2D eigenvalue weighted by Gasteiger charge is 2.19. The van der Waals surface area contributed by atoms with Crippen LogP contribution in [-0.4, -0.2) is 35.4 Å². The topological polar surface area (TPSA) is 63.2 Å². The van der Waals surface area contributed by atoms with Gasteiger partial charge in [-0.25, -0.2) is 0 Å². The van der Waals surface area contributed by atoms with Gasteiger partial charge in [-0.15, -0.1) is 5.10 Å². The predicted molar refractivity (Wildman–Crippen MR) is 86.7 cm³/mol. The number of methoxy groups -OCH3 is 1. The molecular formula is C16H21N5O. The second-order valence-electron chi connectivity index (χ2n) is 5.69. The molecule has 1 aliphatic heterocycles. The average Bonchev–Trinajstić information content (AvgIpc) is 2.56. The van der Waals surface area contributed by atoms with Crippen LogP contribution >= 0.6 is 0 Å². The molecule has 3 rings (SSSR count). The van der Waals surface area contributed by atoms with E-state index in [9.17, 15) is 0 Å². The van der Waals surface area contributed by atoms with Gasteiger partial charge in [0.2, 0.25) is 5.95 Å². The summed E-state index contributed by atoms with van der Waals surface area (Å²) in [5.41, 5.74) is 0.944. The zero-order valence-corrected chi connectivity index (χ0v) is 13.0. The molecule has 1 fully saturated rings. The summed E-state index contributed by atoms with van der Waals surface area (Å²) in [6.45, 7) is 4.25. The van der Waals surface area contributed by atoms with E-state index in [-0.39, 0.29) is 0 Å². The monoisotopic (exact) mass is 299 g/mol. The number of aromatic nitrogens is 3. The molecule has 1 N–H and O–H groups in total. The van der Waals surface area contributed by atoms with E-state index < -0.39 is 0 Å². The summed E-state index contributed by atoms with van der Waals surface area (Å²) >= 11 is 0. The normalized spacial score (nSPS) is 18.1. The molecule has 0 bridgehead atoms. The molecule has 0 amide bonds. The van der Waals surface area contributed by atoms with Gasteiger partial charge in [0, 0.05) is 18.8 Å². The molecule has 0 saturated carbocycles. The van der Waals surface area contributed by atoms with Gasteiger partial charge in [0.15, 0.2) is 5.82 Å². The molecule has 2 heterocycles. The average molecular weight is 299 g/mol. The minimum absolute atomic E-state index is 0.676. The highest BCUT2D eigenvalue weighted by atomic mass is 16.5. The van der Waals surface area contributed by atoms with Gasteiger partial charge in [-0.2, -0.15) is 10.1 Å². The van der Waals surface area contributed by atoms with Gasteiger partial charge in [-0.05, 0) is 43.0 Å². The van der Waals surface area contributed by atoms with Crippen LogP contribution in [0.3, 0.4) is 0 Å². The number of hydrogen-bond donors (Lipinski definition) is 1. The Balaban J connectivity index is 1.72. The predicted octanol–water partition coefficient (Wildman–Crippen LogP) is 2.86. The number of rotatable bonds is 4. The van der Waals surface area contributed by atoms with Crippen LogP contribution in [0.2, 0.25) is 0 Å². The van der Waals surface area contributed by atoms with Crippen LogP contribution in [0.5, 0.6) is 5.75 Å². The molecule has 22 heavy (non-hydrogen) atoms. The Kier molecular flexibility index (Phi) is 4.37. The van der Waals surface area contributed by atoms with Crippen molar-refractivity contribution in [3.8, 4) is 5.75 Å². The molecule has 1 aromatic heterocycles. The van der Waals surface area contributed by atoms with E-state index >= 15 is 0 Å².